The molecule has 1 saturated heterocycles. The number of rotatable bonds is 4. The first kappa shape index (κ1) is 17.5. The van der Waals surface area contributed by atoms with Gasteiger partial charge in [-0.25, -0.2) is 14.1 Å². The van der Waals surface area contributed by atoms with E-state index in [-0.39, 0.29) is 24.2 Å². The number of halogens is 2. The van der Waals surface area contributed by atoms with E-state index in [9.17, 15) is 9.18 Å². The summed E-state index contributed by atoms with van der Waals surface area (Å²) in [7, 11) is 0. The predicted octanol–water partition coefficient (Wildman–Crippen LogP) is 4.02. The van der Waals surface area contributed by atoms with Crippen molar-refractivity contribution >= 4 is 17.6 Å². The average molecular weight is 378 g/mol. The Morgan fingerprint density at radius 2 is 2.15 bits per heavy atom. The molecule has 2 fully saturated rings. The third-order valence-corrected chi connectivity index (χ3v) is 5.87. The van der Waals surface area contributed by atoms with Gasteiger partial charge in [-0.05, 0) is 37.8 Å². The first-order valence-electron chi connectivity index (χ1n) is 9.11. The zero-order valence-corrected chi connectivity index (χ0v) is 15.4. The van der Waals surface area contributed by atoms with Gasteiger partial charge in [0.1, 0.15) is 17.2 Å². The van der Waals surface area contributed by atoms with E-state index in [0.29, 0.717) is 35.1 Å². The fourth-order valence-corrected chi connectivity index (χ4v) is 4.43. The third-order valence-electron chi connectivity index (χ3n) is 5.51. The first-order chi connectivity index (χ1) is 12.5. The number of nitrogens with zero attached hydrogens (tertiary/aromatic N) is 3. The van der Waals surface area contributed by atoms with Crippen molar-refractivity contribution in [3.63, 3.8) is 0 Å². The molecule has 4 rings (SSSR count). The Bertz CT molecular complexity index is 825. The van der Waals surface area contributed by atoms with E-state index in [1.807, 2.05) is 6.92 Å². The zero-order valence-electron chi connectivity index (χ0n) is 14.7. The van der Waals surface area contributed by atoms with Crippen LogP contribution in [0.4, 0.5) is 4.39 Å². The number of carbonyl (C=O) groups excluding carboxylic acids is 1. The van der Waals surface area contributed by atoms with Gasteiger partial charge in [0.15, 0.2) is 5.82 Å². The summed E-state index contributed by atoms with van der Waals surface area (Å²) in [4.78, 5) is 16.8. The molecule has 2 heterocycles. The van der Waals surface area contributed by atoms with Crippen LogP contribution >= 0.6 is 11.6 Å². The fraction of sp³-hybridized carbons (Fsp3) is 0.526. The molecule has 26 heavy (non-hydrogen) atoms. The van der Waals surface area contributed by atoms with Gasteiger partial charge in [0.05, 0.1) is 18.9 Å². The second-order valence-electron chi connectivity index (χ2n) is 7.10. The van der Waals surface area contributed by atoms with Crippen molar-refractivity contribution in [2.24, 2.45) is 0 Å². The Hall–Kier alpha value is -1.95. The molecule has 2 aliphatic rings. The number of ether oxygens (including phenoxy) is 1. The quantitative estimate of drug-likeness (QED) is 0.755. The number of carbonyl (C=O) groups is 1. The highest BCUT2D eigenvalue weighted by Crippen LogP contribution is 2.50. The molecule has 5 nitrogen and oxygen atoms in total. The Kier molecular flexibility index (Phi) is 4.47. The molecule has 7 heteroatoms. The van der Waals surface area contributed by atoms with Gasteiger partial charge in [0, 0.05) is 17.0 Å². The molecule has 1 unspecified atom stereocenters. The molecule has 1 aliphatic heterocycles. The molecule has 2 aromatic rings. The van der Waals surface area contributed by atoms with Crippen molar-refractivity contribution < 1.29 is 13.9 Å². The van der Waals surface area contributed by atoms with Crippen LogP contribution in [0.15, 0.2) is 18.2 Å². The summed E-state index contributed by atoms with van der Waals surface area (Å²) in [6.45, 7) is 2.16. The lowest BCUT2D eigenvalue weighted by Crippen LogP contribution is -2.32. The number of aromatic nitrogens is 3. The second-order valence-corrected chi connectivity index (χ2v) is 7.51. The number of benzene rings is 1. The van der Waals surface area contributed by atoms with Crippen LogP contribution in [0, 0.1) is 5.82 Å². The lowest BCUT2D eigenvalue weighted by molar-refractivity contribution is -0.148. The van der Waals surface area contributed by atoms with Gasteiger partial charge in [0.2, 0.25) is 0 Å². The molecular formula is C19H21ClFN3O2. The van der Waals surface area contributed by atoms with Gasteiger partial charge in [0.25, 0.3) is 0 Å². The normalized spacial score (nSPS) is 21.5. The van der Waals surface area contributed by atoms with Crippen LogP contribution in [0.5, 0.6) is 0 Å². The van der Waals surface area contributed by atoms with Crippen molar-refractivity contribution in [1.29, 1.82) is 0 Å². The fourth-order valence-electron chi connectivity index (χ4n) is 4.20. The molecule has 1 aromatic heterocycles. The smallest absolute Gasteiger partial charge is 0.307 e. The van der Waals surface area contributed by atoms with E-state index in [4.69, 9.17) is 16.3 Å². The maximum atomic E-state index is 14.3. The van der Waals surface area contributed by atoms with Crippen molar-refractivity contribution in [2.75, 3.05) is 0 Å². The van der Waals surface area contributed by atoms with Gasteiger partial charge in [-0.3, -0.25) is 4.79 Å². The molecule has 0 N–H and O–H groups in total. The van der Waals surface area contributed by atoms with Crippen molar-refractivity contribution in [3.8, 4) is 0 Å². The number of hydrogen-bond acceptors (Lipinski definition) is 4. The van der Waals surface area contributed by atoms with Crippen LogP contribution < -0.4 is 0 Å². The summed E-state index contributed by atoms with van der Waals surface area (Å²) in [6, 6.07) is 4.63. The summed E-state index contributed by atoms with van der Waals surface area (Å²) in [5.74, 6) is 0.685. The minimum absolute atomic E-state index is 0.143. The summed E-state index contributed by atoms with van der Waals surface area (Å²) in [5, 5.41) is 4.90. The minimum atomic E-state index is -0.480. The van der Waals surface area contributed by atoms with Gasteiger partial charge in [-0.2, -0.15) is 5.10 Å². The number of aryl methyl sites for hydroxylation is 1. The predicted molar refractivity (Wildman–Crippen MR) is 94.6 cm³/mol. The number of hydrogen-bond donors (Lipinski definition) is 0. The first-order valence-corrected chi connectivity index (χ1v) is 9.48. The highest BCUT2D eigenvalue weighted by molar-refractivity contribution is 6.31. The van der Waals surface area contributed by atoms with Crippen LogP contribution in [-0.4, -0.2) is 26.3 Å². The SMILES string of the molecule is CCc1nc(C2CC(=O)OC23CCCC3)n(Cc2c(F)cccc2Cl)n1. The number of esters is 1. The molecule has 0 radical (unpaired) electrons. The minimum Gasteiger partial charge on any atom is -0.458 e. The summed E-state index contributed by atoms with van der Waals surface area (Å²) in [5.41, 5.74) is -0.0972. The third kappa shape index (κ3) is 2.90. The van der Waals surface area contributed by atoms with Gasteiger partial charge in [-0.1, -0.05) is 24.6 Å². The summed E-state index contributed by atoms with van der Waals surface area (Å²) in [6.07, 6.45) is 4.73. The Balaban J connectivity index is 1.75. The molecule has 1 spiro atoms. The van der Waals surface area contributed by atoms with E-state index in [0.717, 1.165) is 25.7 Å². The van der Waals surface area contributed by atoms with Crippen LogP contribution in [0.3, 0.4) is 0 Å². The second kappa shape index (κ2) is 6.65. The molecule has 0 amide bonds. The van der Waals surface area contributed by atoms with E-state index >= 15 is 0 Å². The molecule has 1 aromatic carbocycles. The molecule has 0 bridgehead atoms. The standard InChI is InChI=1S/C19H21ClFN3O2/c1-2-16-22-18(13-10-17(25)26-19(13)8-3-4-9-19)24(23-16)11-12-14(20)6-5-7-15(12)21/h5-7,13H,2-4,8-11H2,1H3. The zero-order chi connectivity index (χ0) is 18.3. The van der Waals surface area contributed by atoms with E-state index in [1.165, 1.54) is 6.07 Å². The Labute approximate surface area is 156 Å². The molecular weight excluding hydrogens is 357 g/mol. The van der Waals surface area contributed by atoms with E-state index in [2.05, 4.69) is 10.1 Å². The van der Waals surface area contributed by atoms with Crippen molar-refractivity contribution in [1.82, 2.24) is 14.8 Å². The van der Waals surface area contributed by atoms with Crippen molar-refractivity contribution in [3.05, 3.63) is 46.3 Å². The van der Waals surface area contributed by atoms with Gasteiger partial charge in [-0.15, -0.1) is 0 Å². The lowest BCUT2D eigenvalue weighted by atomic mass is 9.85. The van der Waals surface area contributed by atoms with Gasteiger partial charge < -0.3 is 4.74 Å². The summed E-state index contributed by atoms with van der Waals surface area (Å²) >= 11 is 6.20. The molecule has 1 saturated carbocycles. The van der Waals surface area contributed by atoms with Gasteiger partial charge >= 0.3 is 5.97 Å². The van der Waals surface area contributed by atoms with Crippen LogP contribution in [0.25, 0.3) is 0 Å². The Morgan fingerprint density at radius 3 is 2.85 bits per heavy atom. The highest BCUT2D eigenvalue weighted by Gasteiger charge is 2.53. The average Bonchev–Trinajstić information content (AvgIpc) is 3.31. The molecule has 1 atom stereocenters. The van der Waals surface area contributed by atoms with E-state index in [1.54, 1.807) is 16.8 Å². The lowest BCUT2D eigenvalue weighted by Gasteiger charge is -2.28. The van der Waals surface area contributed by atoms with Crippen LogP contribution in [-0.2, 0) is 22.5 Å². The van der Waals surface area contributed by atoms with E-state index < -0.39 is 5.60 Å². The molecule has 138 valence electrons. The van der Waals surface area contributed by atoms with Crippen LogP contribution in [0.1, 0.15) is 62.2 Å². The van der Waals surface area contributed by atoms with Crippen LogP contribution in [0.2, 0.25) is 5.02 Å². The monoisotopic (exact) mass is 377 g/mol. The maximum absolute atomic E-state index is 14.3. The van der Waals surface area contributed by atoms with Crippen molar-refractivity contribution in [2.45, 2.75) is 63.5 Å². The topological polar surface area (TPSA) is 57.0 Å². The maximum Gasteiger partial charge on any atom is 0.307 e. The summed E-state index contributed by atoms with van der Waals surface area (Å²) < 4.78 is 21.7. The molecule has 1 aliphatic carbocycles. The Morgan fingerprint density at radius 1 is 1.38 bits per heavy atom. The highest BCUT2D eigenvalue weighted by atomic mass is 35.5. The largest absolute Gasteiger partial charge is 0.458 e.